The molecule has 1 fully saturated rings. The predicted molar refractivity (Wildman–Crippen MR) is 72.7 cm³/mol. The third-order valence-electron chi connectivity index (χ3n) is 3.32. The Morgan fingerprint density at radius 1 is 1.29 bits per heavy atom. The zero-order valence-electron chi connectivity index (χ0n) is 10.8. The van der Waals surface area contributed by atoms with Gasteiger partial charge in [-0.3, -0.25) is 9.69 Å². The van der Waals surface area contributed by atoms with Crippen molar-refractivity contribution in [1.82, 2.24) is 5.16 Å². The molecule has 0 spiro atoms. The summed E-state index contributed by atoms with van der Waals surface area (Å²) in [4.78, 5) is 12.9. The van der Waals surface area contributed by atoms with E-state index in [4.69, 9.17) is 4.52 Å². The molecular formula is C13H11FN2O4S. The molecular weight excluding hydrogens is 299 g/mol. The summed E-state index contributed by atoms with van der Waals surface area (Å²) >= 11 is 0. The van der Waals surface area contributed by atoms with E-state index in [2.05, 4.69) is 5.16 Å². The third-order valence-corrected chi connectivity index (χ3v) is 4.43. The number of anilines is 1. The minimum atomic E-state index is -4.75. The van der Waals surface area contributed by atoms with Gasteiger partial charge in [-0.1, -0.05) is 35.5 Å². The normalized spacial score (nSPS) is 19.2. The number of carbonyl (C=O) groups excluding carboxylic acids is 1. The van der Waals surface area contributed by atoms with Gasteiger partial charge in [0.05, 0.1) is 0 Å². The zero-order valence-corrected chi connectivity index (χ0v) is 11.6. The summed E-state index contributed by atoms with van der Waals surface area (Å²) in [5.74, 6) is -0.387. The number of rotatable bonds is 3. The van der Waals surface area contributed by atoms with E-state index >= 15 is 0 Å². The summed E-state index contributed by atoms with van der Waals surface area (Å²) in [6.45, 7) is -0.263. The van der Waals surface area contributed by atoms with Crippen LogP contribution in [-0.4, -0.2) is 31.3 Å². The number of carbonyl (C=O) groups is 1. The van der Waals surface area contributed by atoms with Gasteiger partial charge in [0.2, 0.25) is 11.8 Å². The number of hydrogen-bond acceptors (Lipinski definition) is 5. The average molecular weight is 310 g/mol. The average Bonchev–Trinajstić information content (AvgIpc) is 3.05. The summed E-state index contributed by atoms with van der Waals surface area (Å²) in [7, 11) is -4.75. The smallest absolute Gasteiger partial charge is 0.307 e. The van der Waals surface area contributed by atoms with Gasteiger partial charge in [0.1, 0.15) is 10.9 Å². The summed E-state index contributed by atoms with van der Waals surface area (Å²) in [5, 5.41) is 2.49. The van der Waals surface area contributed by atoms with Crippen molar-refractivity contribution in [3.05, 3.63) is 36.4 Å². The molecule has 0 aliphatic carbocycles. The van der Waals surface area contributed by atoms with E-state index < -0.39 is 21.4 Å². The van der Waals surface area contributed by atoms with E-state index in [-0.39, 0.29) is 18.8 Å². The number of nitrogens with zero attached hydrogens (tertiary/aromatic N) is 2. The second kappa shape index (κ2) is 4.96. The van der Waals surface area contributed by atoms with Crippen LogP contribution in [0, 0.1) is 0 Å². The Bertz CT molecular complexity index is 772. The van der Waals surface area contributed by atoms with Gasteiger partial charge in [0.15, 0.2) is 0 Å². The molecule has 1 aromatic heterocycles. The van der Waals surface area contributed by atoms with Crippen LogP contribution < -0.4 is 4.90 Å². The summed E-state index contributed by atoms with van der Waals surface area (Å²) in [6.07, 6.45) is -0.389. The Morgan fingerprint density at radius 3 is 2.62 bits per heavy atom. The van der Waals surface area contributed by atoms with Crippen LogP contribution in [0.15, 0.2) is 40.9 Å². The predicted octanol–water partition coefficient (Wildman–Crippen LogP) is 1.75. The van der Waals surface area contributed by atoms with Crippen LogP contribution in [0.2, 0.25) is 0 Å². The summed E-state index contributed by atoms with van der Waals surface area (Å²) < 4.78 is 39.8. The van der Waals surface area contributed by atoms with E-state index in [1.165, 1.54) is 6.07 Å². The number of amides is 1. The van der Waals surface area contributed by atoms with Crippen LogP contribution in [0.3, 0.4) is 0 Å². The fourth-order valence-electron chi connectivity index (χ4n) is 2.21. The molecule has 1 aliphatic rings. The summed E-state index contributed by atoms with van der Waals surface area (Å²) in [6, 6.07) is 10.7. The molecule has 1 saturated heterocycles. The van der Waals surface area contributed by atoms with E-state index in [0.717, 1.165) is 10.5 Å². The Hall–Kier alpha value is -2.22. The minimum absolute atomic E-state index is 0.116. The molecule has 1 unspecified atom stereocenters. The van der Waals surface area contributed by atoms with E-state index in [9.17, 15) is 17.1 Å². The molecule has 0 saturated carbocycles. The molecule has 0 N–H and O–H groups in total. The fraction of sp³-hybridized carbons (Fsp3) is 0.231. The lowest BCUT2D eigenvalue weighted by Gasteiger charge is -2.10. The molecule has 2 aromatic rings. The lowest BCUT2D eigenvalue weighted by molar-refractivity contribution is -0.117. The van der Waals surface area contributed by atoms with Gasteiger partial charge in [-0.05, 0) is 0 Å². The first-order valence-corrected chi connectivity index (χ1v) is 7.66. The SMILES string of the molecule is O=C1CC(S(=O)(=O)F)CN1c1cc(-c2ccccc2)no1. The maximum Gasteiger partial charge on any atom is 0.307 e. The van der Waals surface area contributed by atoms with Crippen molar-refractivity contribution in [2.24, 2.45) is 0 Å². The van der Waals surface area contributed by atoms with Gasteiger partial charge in [-0.25, -0.2) is 0 Å². The van der Waals surface area contributed by atoms with Crippen LogP contribution in [-0.2, 0) is 15.0 Å². The van der Waals surface area contributed by atoms with Gasteiger partial charge in [0, 0.05) is 24.6 Å². The largest absolute Gasteiger partial charge is 0.338 e. The van der Waals surface area contributed by atoms with Crippen molar-refractivity contribution < 1.29 is 21.6 Å². The first-order chi connectivity index (χ1) is 9.95. The highest BCUT2D eigenvalue weighted by Crippen LogP contribution is 2.29. The monoisotopic (exact) mass is 310 g/mol. The first-order valence-electron chi connectivity index (χ1n) is 6.21. The van der Waals surface area contributed by atoms with Crippen molar-refractivity contribution in [1.29, 1.82) is 0 Å². The number of halogens is 1. The number of hydrogen-bond donors (Lipinski definition) is 0. The third kappa shape index (κ3) is 2.66. The van der Waals surface area contributed by atoms with E-state index in [1.54, 1.807) is 0 Å². The van der Waals surface area contributed by atoms with Gasteiger partial charge in [0.25, 0.3) is 0 Å². The highest BCUT2D eigenvalue weighted by molar-refractivity contribution is 7.87. The Kier molecular flexibility index (Phi) is 3.25. The van der Waals surface area contributed by atoms with Crippen LogP contribution >= 0.6 is 0 Å². The molecule has 0 radical (unpaired) electrons. The van der Waals surface area contributed by atoms with Crippen molar-refractivity contribution in [3.63, 3.8) is 0 Å². The second-order valence-electron chi connectivity index (χ2n) is 4.72. The van der Waals surface area contributed by atoms with Gasteiger partial charge in [-0.15, -0.1) is 3.89 Å². The number of benzene rings is 1. The zero-order chi connectivity index (χ0) is 15.0. The van der Waals surface area contributed by atoms with Gasteiger partial charge in [-0.2, -0.15) is 8.42 Å². The molecule has 8 heteroatoms. The van der Waals surface area contributed by atoms with Gasteiger partial charge >= 0.3 is 10.2 Å². The highest BCUT2D eigenvalue weighted by Gasteiger charge is 2.40. The molecule has 0 bridgehead atoms. The lowest BCUT2D eigenvalue weighted by Crippen LogP contribution is -2.26. The standard InChI is InChI=1S/C13H11FN2O4S/c14-21(18,19)10-6-12(17)16(8-10)13-7-11(15-20-13)9-4-2-1-3-5-9/h1-5,7,10H,6,8H2. The topological polar surface area (TPSA) is 80.5 Å². The molecule has 1 aliphatic heterocycles. The maximum atomic E-state index is 13.0. The summed E-state index contributed by atoms with van der Waals surface area (Å²) in [5.41, 5.74) is 1.32. The van der Waals surface area contributed by atoms with Crippen LogP contribution in [0.25, 0.3) is 11.3 Å². The maximum absolute atomic E-state index is 13.0. The van der Waals surface area contributed by atoms with E-state index in [0.29, 0.717) is 5.69 Å². The molecule has 1 aromatic carbocycles. The van der Waals surface area contributed by atoms with Crippen LogP contribution in [0.5, 0.6) is 0 Å². The molecule has 21 heavy (non-hydrogen) atoms. The van der Waals surface area contributed by atoms with Crippen molar-refractivity contribution >= 4 is 22.0 Å². The van der Waals surface area contributed by atoms with Crippen LogP contribution in [0.1, 0.15) is 6.42 Å². The van der Waals surface area contributed by atoms with Crippen molar-refractivity contribution in [2.75, 3.05) is 11.4 Å². The molecule has 110 valence electrons. The molecule has 2 heterocycles. The Balaban J connectivity index is 1.86. The highest BCUT2D eigenvalue weighted by atomic mass is 32.3. The quantitative estimate of drug-likeness (QED) is 0.807. The van der Waals surface area contributed by atoms with Crippen molar-refractivity contribution in [2.45, 2.75) is 11.7 Å². The Morgan fingerprint density at radius 2 is 2.00 bits per heavy atom. The molecule has 3 rings (SSSR count). The molecule has 1 amide bonds. The first kappa shape index (κ1) is 13.7. The van der Waals surface area contributed by atoms with Crippen LogP contribution in [0.4, 0.5) is 9.77 Å². The fourth-order valence-corrected chi connectivity index (χ4v) is 2.88. The van der Waals surface area contributed by atoms with Gasteiger partial charge < -0.3 is 4.52 Å². The van der Waals surface area contributed by atoms with Crippen molar-refractivity contribution in [3.8, 4) is 11.3 Å². The lowest BCUT2D eigenvalue weighted by atomic mass is 10.1. The van der Waals surface area contributed by atoms with E-state index in [1.807, 2.05) is 30.3 Å². The minimum Gasteiger partial charge on any atom is -0.338 e. The number of aromatic nitrogens is 1. The molecule has 1 atom stereocenters. The Labute approximate surface area is 120 Å². The second-order valence-corrected chi connectivity index (χ2v) is 6.34. The molecule has 6 nitrogen and oxygen atoms in total.